The van der Waals surface area contributed by atoms with Crippen molar-refractivity contribution in [3.8, 4) is 0 Å². The molecule has 6 heteroatoms. The third kappa shape index (κ3) is 3.50. The van der Waals surface area contributed by atoms with E-state index >= 15 is 0 Å². The molecule has 120 valence electrons. The van der Waals surface area contributed by atoms with E-state index in [0.29, 0.717) is 13.0 Å². The summed E-state index contributed by atoms with van der Waals surface area (Å²) >= 11 is 1.73. The first-order chi connectivity index (χ1) is 10.6. The fourth-order valence-electron chi connectivity index (χ4n) is 3.18. The fourth-order valence-corrected chi connectivity index (χ4v) is 3.84. The number of nitrogens with zero attached hydrogens (tertiary/aromatic N) is 3. The average molecular weight is 321 g/mol. The zero-order valence-corrected chi connectivity index (χ0v) is 13.8. The normalized spacial score (nSPS) is 23.9. The highest BCUT2D eigenvalue weighted by Gasteiger charge is 2.32. The van der Waals surface area contributed by atoms with Crippen LogP contribution in [0, 0.1) is 5.92 Å². The maximum atomic E-state index is 12.6. The van der Waals surface area contributed by atoms with Crippen LogP contribution in [0.5, 0.6) is 0 Å². The molecule has 0 unspecified atom stereocenters. The molecule has 3 heterocycles. The Kier molecular flexibility index (Phi) is 4.78. The van der Waals surface area contributed by atoms with E-state index in [0.717, 1.165) is 39.1 Å². The summed E-state index contributed by atoms with van der Waals surface area (Å²) in [7, 11) is 1.81. The molecule has 0 radical (unpaired) electrons. The molecule has 0 aromatic carbocycles. The van der Waals surface area contributed by atoms with Crippen LogP contribution in [-0.2, 0) is 16.1 Å². The summed E-state index contributed by atoms with van der Waals surface area (Å²) in [5, 5.41) is 4.29. The molecular formula is C16H23N3O2S. The van der Waals surface area contributed by atoms with E-state index in [1.54, 1.807) is 16.2 Å². The number of hydrogen-bond donors (Lipinski definition) is 0. The van der Waals surface area contributed by atoms with E-state index in [1.165, 1.54) is 5.56 Å². The van der Waals surface area contributed by atoms with E-state index in [2.05, 4.69) is 21.7 Å². The maximum absolute atomic E-state index is 12.6. The number of likely N-dealkylation sites (tertiary alicyclic amines) is 1. The minimum absolute atomic E-state index is 0.0979. The van der Waals surface area contributed by atoms with Crippen LogP contribution in [0.1, 0.15) is 18.4 Å². The molecule has 22 heavy (non-hydrogen) atoms. The Balaban J connectivity index is 1.48. The monoisotopic (exact) mass is 321 g/mol. The molecule has 0 aliphatic carbocycles. The number of thiophene rings is 1. The molecule has 2 aliphatic heterocycles. The number of rotatable bonds is 3. The first kappa shape index (κ1) is 15.5. The third-order valence-corrected chi connectivity index (χ3v) is 5.41. The van der Waals surface area contributed by atoms with Crippen LogP contribution in [0.2, 0.25) is 0 Å². The van der Waals surface area contributed by atoms with Crippen LogP contribution < -0.4 is 0 Å². The van der Waals surface area contributed by atoms with Gasteiger partial charge in [-0.05, 0) is 28.8 Å². The molecule has 0 bridgehead atoms. The lowest BCUT2D eigenvalue weighted by Crippen LogP contribution is -2.51. The van der Waals surface area contributed by atoms with E-state index in [1.807, 2.05) is 11.9 Å². The lowest BCUT2D eigenvalue weighted by molar-refractivity contribution is -0.145. The van der Waals surface area contributed by atoms with Gasteiger partial charge in [0.15, 0.2) is 0 Å². The van der Waals surface area contributed by atoms with Crippen LogP contribution in [0.25, 0.3) is 0 Å². The molecule has 1 atom stereocenters. The van der Waals surface area contributed by atoms with Gasteiger partial charge in [-0.15, -0.1) is 0 Å². The van der Waals surface area contributed by atoms with Gasteiger partial charge >= 0.3 is 0 Å². The molecule has 0 saturated carbocycles. The number of carbonyl (C=O) groups excluding carboxylic acids is 2. The van der Waals surface area contributed by atoms with Gasteiger partial charge in [0.05, 0.1) is 0 Å². The lowest BCUT2D eigenvalue weighted by atomic mass is 9.94. The van der Waals surface area contributed by atoms with E-state index in [-0.39, 0.29) is 17.7 Å². The fraction of sp³-hybridized carbons (Fsp3) is 0.625. The second kappa shape index (κ2) is 6.79. The summed E-state index contributed by atoms with van der Waals surface area (Å²) in [5.74, 6) is 0.171. The van der Waals surface area contributed by atoms with Crippen LogP contribution in [-0.4, -0.2) is 66.3 Å². The highest BCUT2D eigenvalue weighted by molar-refractivity contribution is 7.07. The van der Waals surface area contributed by atoms with Crippen molar-refractivity contribution < 1.29 is 9.59 Å². The van der Waals surface area contributed by atoms with Crippen molar-refractivity contribution in [1.82, 2.24) is 14.7 Å². The molecule has 1 aromatic rings. The first-order valence-electron chi connectivity index (χ1n) is 7.89. The Morgan fingerprint density at radius 1 is 1.27 bits per heavy atom. The summed E-state index contributed by atoms with van der Waals surface area (Å²) in [6, 6.07) is 2.16. The van der Waals surface area contributed by atoms with Gasteiger partial charge in [0.2, 0.25) is 11.8 Å². The van der Waals surface area contributed by atoms with E-state index in [4.69, 9.17) is 0 Å². The largest absolute Gasteiger partial charge is 0.346 e. The quantitative estimate of drug-likeness (QED) is 0.842. The molecule has 0 spiro atoms. The van der Waals surface area contributed by atoms with Gasteiger partial charge in [-0.3, -0.25) is 14.5 Å². The lowest BCUT2D eigenvalue weighted by Gasteiger charge is -2.37. The standard InChI is InChI=1S/C16H23N3O2S/c1-17-4-2-14(10-15(17)20)16(21)19-7-5-18(6-8-19)11-13-3-9-22-12-13/h3,9,12,14H,2,4-8,10-11H2,1H3/t14-/m1/s1. The molecular weight excluding hydrogens is 298 g/mol. The Morgan fingerprint density at radius 3 is 2.68 bits per heavy atom. The average Bonchev–Trinajstić information content (AvgIpc) is 3.03. The molecule has 5 nitrogen and oxygen atoms in total. The van der Waals surface area contributed by atoms with Gasteiger partial charge in [0, 0.05) is 58.7 Å². The number of piperidine rings is 1. The van der Waals surface area contributed by atoms with Crippen LogP contribution in [0.4, 0.5) is 0 Å². The summed E-state index contributed by atoms with van der Waals surface area (Å²) in [4.78, 5) is 30.4. The summed E-state index contributed by atoms with van der Waals surface area (Å²) < 4.78 is 0. The zero-order chi connectivity index (χ0) is 15.5. The number of hydrogen-bond acceptors (Lipinski definition) is 4. The van der Waals surface area contributed by atoms with Crippen molar-refractivity contribution in [3.05, 3.63) is 22.4 Å². The smallest absolute Gasteiger partial charge is 0.226 e. The summed E-state index contributed by atoms with van der Waals surface area (Å²) in [6.07, 6.45) is 1.18. The van der Waals surface area contributed by atoms with Crippen molar-refractivity contribution in [3.63, 3.8) is 0 Å². The van der Waals surface area contributed by atoms with Gasteiger partial charge < -0.3 is 9.80 Å². The first-order valence-corrected chi connectivity index (χ1v) is 8.84. The van der Waals surface area contributed by atoms with E-state index < -0.39 is 0 Å². The maximum Gasteiger partial charge on any atom is 0.226 e. The number of piperazine rings is 1. The second-order valence-corrected chi connectivity index (χ2v) is 7.02. The highest BCUT2D eigenvalue weighted by atomic mass is 32.1. The van der Waals surface area contributed by atoms with Crippen molar-refractivity contribution in [2.24, 2.45) is 5.92 Å². The molecule has 2 aliphatic rings. The minimum Gasteiger partial charge on any atom is -0.346 e. The molecule has 2 saturated heterocycles. The topological polar surface area (TPSA) is 43.9 Å². The molecule has 1 aromatic heterocycles. The van der Waals surface area contributed by atoms with Crippen LogP contribution >= 0.6 is 11.3 Å². The number of amides is 2. The summed E-state index contributed by atoms with van der Waals surface area (Å²) in [5.41, 5.74) is 1.35. The highest BCUT2D eigenvalue weighted by Crippen LogP contribution is 2.21. The Labute approximate surface area is 135 Å². The van der Waals surface area contributed by atoms with Crippen molar-refractivity contribution in [1.29, 1.82) is 0 Å². The predicted molar refractivity (Wildman–Crippen MR) is 86.5 cm³/mol. The third-order valence-electron chi connectivity index (χ3n) is 4.68. The Hall–Kier alpha value is -1.40. The second-order valence-electron chi connectivity index (χ2n) is 6.24. The molecule has 3 rings (SSSR count). The van der Waals surface area contributed by atoms with Gasteiger partial charge in [-0.2, -0.15) is 11.3 Å². The van der Waals surface area contributed by atoms with Gasteiger partial charge in [-0.1, -0.05) is 0 Å². The predicted octanol–water partition coefficient (Wildman–Crippen LogP) is 1.26. The van der Waals surface area contributed by atoms with Gasteiger partial charge in [0.25, 0.3) is 0 Å². The Bertz CT molecular complexity index is 524. The van der Waals surface area contributed by atoms with E-state index in [9.17, 15) is 9.59 Å². The van der Waals surface area contributed by atoms with Crippen molar-refractivity contribution >= 4 is 23.2 Å². The van der Waals surface area contributed by atoms with Gasteiger partial charge in [-0.25, -0.2) is 0 Å². The Morgan fingerprint density at radius 2 is 2.05 bits per heavy atom. The minimum atomic E-state index is -0.105. The van der Waals surface area contributed by atoms with Gasteiger partial charge in [0.1, 0.15) is 0 Å². The van der Waals surface area contributed by atoms with Crippen LogP contribution in [0.3, 0.4) is 0 Å². The van der Waals surface area contributed by atoms with Crippen molar-refractivity contribution in [2.75, 3.05) is 39.8 Å². The SMILES string of the molecule is CN1CC[C@@H](C(=O)N2CCN(Cc3ccsc3)CC2)CC1=O. The summed E-state index contributed by atoms with van der Waals surface area (Å²) in [6.45, 7) is 5.07. The number of carbonyl (C=O) groups is 2. The zero-order valence-electron chi connectivity index (χ0n) is 13.0. The molecule has 2 amide bonds. The molecule has 2 fully saturated rings. The molecule has 0 N–H and O–H groups in total. The van der Waals surface area contributed by atoms with Crippen LogP contribution in [0.15, 0.2) is 16.8 Å². The van der Waals surface area contributed by atoms with Crippen molar-refractivity contribution in [2.45, 2.75) is 19.4 Å².